The fraction of sp³-hybridized carbons (Fsp3) is 0.185. The third kappa shape index (κ3) is 4.14. The van der Waals surface area contributed by atoms with Crippen LogP contribution in [-0.4, -0.2) is 10.1 Å². The SMILES string of the molecule is CCc1ccc(N2C(=S)N[C@@H](c3ccccn3)[C@@H]2c2ccc(-c3cc(Cl)ccc3C)o2)cc1. The van der Waals surface area contributed by atoms with E-state index >= 15 is 0 Å². The van der Waals surface area contributed by atoms with Crippen LogP contribution in [0.2, 0.25) is 5.02 Å². The van der Waals surface area contributed by atoms with E-state index in [0.29, 0.717) is 10.1 Å². The standard InChI is InChI=1S/C27H24ClN3OS/c1-3-18-8-11-20(12-9-18)31-26(25(30-27(31)33)22-6-4-5-15-29-22)24-14-13-23(32-24)21-16-19(28)10-7-17(21)2/h4-16,25-26H,3H2,1-2H3,(H,30,33)/t25-,26-/m0/s1. The predicted molar refractivity (Wildman–Crippen MR) is 138 cm³/mol. The fourth-order valence-electron chi connectivity index (χ4n) is 4.33. The molecular formula is C27H24ClN3OS. The fourth-order valence-corrected chi connectivity index (χ4v) is 4.85. The van der Waals surface area contributed by atoms with E-state index in [-0.39, 0.29) is 12.1 Å². The highest BCUT2D eigenvalue weighted by atomic mass is 35.5. The highest BCUT2D eigenvalue weighted by Crippen LogP contribution is 2.43. The van der Waals surface area contributed by atoms with Crippen molar-refractivity contribution in [3.05, 3.63) is 107 Å². The van der Waals surface area contributed by atoms with E-state index in [9.17, 15) is 0 Å². The first kappa shape index (κ1) is 21.7. The zero-order chi connectivity index (χ0) is 22.9. The average Bonchev–Trinajstić information content (AvgIpc) is 3.46. The summed E-state index contributed by atoms with van der Waals surface area (Å²) in [5.41, 5.74) is 5.30. The number of rotatable bonds is 5. The Morgan fingerprint density at radius 3 is 2.61 bits per heavy atom. The number of benzene rings is 2. The van der Waals surface area contributed by atoms with Gasteiger partial charge in [0.05, 0.1) is 11.7 Å². The van der Waals surface area contributed by atoms with Crippen molar-refractivity contribution in [2.24, 2.45) is 0 Å². The summed E-state index contributed by atoms with van der Waals surface area (Å²) >= 11 is 12.1. The lowest BCUT2D eigenvalue weighted by atomic mass is 10.0. The van der Waals surface area contributed by atoms with Gasteiger partial charge in [0.15, 0.2) is 5.11 Å². The van der Waals surface area contributed by atoms with Gasteiger partial charge in [-0.1, -0.05) is 42.8 Å². The number of thiocarbonyl (C=S) groups is 1. The van der Waals surface area contributed by atoms with Crippen molar-refractivity contribution in [1.29, 1.82) is 0 Å². The third-order valence-electron chi connectivity index (χ3n) is 6.10. The molecule has 1 aliphatic rings. The van der Waals surface area contributed by atoms with Crippen molar-refractivity contribution in [3.63, 3.8) is 0 Å². The summed E-state index contributed by atoms with van der Waals surface area (Å²) in [5, 5.41) is 4.81. The molecule has 0 bridgehead atoms. The number of pyridine rings is 1. The van der Waals surface area contributed by atoms with Gasteiger partial charge in [0.2, 0.25) is 0 Å². The molecule has 0 aliphatic carbocycles. The van der Waals surface area contributed by atoms with E-state index in [1.165, 1.54) is 5.56 Å². The largest absolute Gasteiger partial charge is 0.459 e. The van der Waals surface area contributed by atoms with Crippen LogP contribution in [0.3, 0.4) is 0 Å². The Kier molecular flexibility index (Phi) is 5.92. The van der Waals surface area contributed by atoms with Gasteiger partial charge in [-0.15, -0.1) is 0 Å². The van der Waals surface area contributed by atoms with Crippen LogP contribution in [0.1, 0.15) is 41.6 Å². The Bertz CT molecular complexity index is 1290. The van der Waals surface area contributed by atoms with Gasteiger partial charge in [0, 0.05) is 22.5 Å². The molecule has 0 amide bonds. The first-order valence-corrected chi connectivity index (χ1v) is 11.8. The number of nitrogens with one attached hydrogen (secondary N) is 1. The average molecular weight is 474 g/mol. The van der Waals surface area contributed by atoms with Crippen LogP contribution in [-0.2, 0) is 6.42 Å². The summed E-state index contributed by atoms with van der Waals surface area (Å²) in [7, 11) is 0. The Balaban J connectivity index is 1.60. The highest BCUT2D eigenvalue weighted by Gasteiger charge is 2.42. The summed E-state index contributed by atoms with van der Waals surface area (Å²) in [6.45, 7) is 4.21. The van der Waals surface area contributed by atoms with E-state index in [1.807, 2.05) is 48.5 Å². The van der Waals surface area contributed by atoms with Crippen molar-refractivity contribution in [1.82, 2.24) is 10.3 Å². The monoisotopic (exact) mass is 473 g/mol. The molecule has 3 heterocycles. The van der Waals surface area contributed by atoms with E-state index in [0.717, 1.165) is 40.4 Å². The highest BCUT2D eigenvalue weighted by molar-refractivity contribution is 7.80. The van der Waals surface area contributed by atoms with E-state index < -0.39 is 0 Å². The van der Waals surface area contributed by atoms with Crippen molar-refractivity contribution >= 4 is 34.6 Å². The molecule has 2 aromatic heterocycles. The molecule has 0 spiro atoms. The van der Waals surface area contributed by atoms with Gasteiger partial charge in [-0.3, -0.25) is 4.98 Å². The van der Waals surface area contributed by atoms with E-state index in [4.69, 9.17) is 28.2 Å². The van der Waals surface area contributed by atoms with Crippen molar-refractivity contribution in [2.75, 3.05) is 4.90 Å². The topological polar surface area (TPSA) is 41.3 Å². The van der Waals surface area contributed by atoms with Crippen LogP contribution in [0.5, 0.6) is 0 Å². The molecule has 1 aliphatic heterocycles. The molecule has 1 N–H and O–H groups in total. The maximum atomic E-state index is 6.46. The first-order valence-electron chi connectivity index (χ1n) is 11.0. The Labute approximate surface area is 204 Å². The summed E-state index contributed by atoms with van der Waals surface area (Å²) < 4.78 is 6.46. The minimum Gasteiger partial charge on any atom is -0.459 e. The summed E-state index contributed by atoms with van der Waals surface area (Å²) in [5.74, 6) is 1.59. The van der Waals surface area contributed by atoms with Gasteiger partial charge in [-0.05, 0) is 85.2 Å². The predicted octanol–water partition coefficient (Wildman–Crippen LogP) is 7.04. The minimum absolute atomic E-state index is 0.149. The summed E-state index contributed by atoms with van der Waals surface area (Å²) in [6.07, 6.45) is 2.79. The molecule has 4 nitrogen and oxygen atoms in total. The third-order valence-corrected chi connectivity index (χ3v) is 6.65. The molecule has 2 atom stereocenters. The van der Waals surface area contributed by atoms with Gasteiger partial charge in [0.25, 0.3) is 0 Å². The number of nitrogens with zero attached hydrogens (tertiary/aromatic N) is 2. The first-order chi connectivity index (χ1) is 16.0. The van der Waals surface area contributed by atoms with Gasteiger partial charge in [0.1, 0.15) is 17.6 Å². The van der Waals surface area contributed by atoms with Crippen LogP contribution in [0, 0.1) is 6.92 Å². The molecule has 1 saturated heterocycles. The molecule has 0 unspecified atom stereocenters. The zero-order valence-electron chi connectivity index (χ0n) is 18.5. The van der Waals surface area contributed by atoms with E-state index in [1.54, 1.807) is 6.20 Å². The second kappa shape index (κ2) is 9.00. The summed E-state index contributed by atoms with van der Waals surface area (Å²) in [4.78, 5) is 6.74. The molecule has 33 heavy (non-hydrogen) atoms. The van der Waals surface area contributed by atoms with Crippen LogP contribution in [0.15, 0.2) is 83.4 Å². The van der Waals surface area contributed by atoms with Crippen molar-refractivity contribution in [2.45, 2.75) is 32.4 Å². The number of aromatic nitrogens is 1. The lowest BCUT2D eigenvalue weighted by molar-refractivity contribution is 0.439. The second-order valence-corrected chi connectivity index (χ2v) is 9.00. The Morgan fingerprint density at radius 1 is 1.06 bits per heavy atom. The van der Waals surface area contributed by atoms with E-state index in [2.05, 4.69) is 53.3 Å². The molecule has 6 heteroatoms. The zero-order valence-corrected chi connectivity index (χ0v) is 20.0. The molecular weight excluding hydrogens is 450 g/mol. The van der Waals surface area contributed by atoms with Gasteiger partial charge < -0.3 is 14.6 Å². The molecule has 5 rings (SSSR count). The molecule has 2 aromatic carbocycles. The number of halogens is 1. The lowest BCUT2D eigenvalue weighted by Gasteiger charge is -2.26. The smallest absolute Gasteiger partial charge is 0.174 e. The molecule has 0 radical (unpaired) electrons. The lowest BCUT2D eigenvalue weighted by Crippen LogP contribution is -2.29. The molecule has 4 aromatic rings. The summed E-state index contributed by atoms with van der Waals surface area (Å²) in [6, 6.07) is 24.0. The Morgan fingerprint density at radius 2 is 1.88 bits per heavy atom. The molecule has 0 saturated carbocycles. The normalized spacial score (nSPS) is 17.9. The van der Waals surface area contributed by atoms with Crippen LogP contribution in [0.4, 0.5) is 5.69 Å². The van der Waals surface area contributed by atoms with Gasteiger partial charge in [-0.2, -0.15) is 0 Å². The quantitative estimate of drug-likeness (QED) is 0.315. The van der Waals surface area contributed by atoms with Crippen LogP contribution >= 0.6 is 23.8 Å². The molecule has 166 valence electrons. The maximum Gasteiger partial charge on any atom is 0.174 e. The Hall–Kier alpha value is -3.15. The minimum atomic E-state index is -0.187. The number of furan rings is 1. The molecule has 1 fully saturated rings. The number of aryl methyl sites for hydroxylation is 2. The maximum absolute atomic E-state index is 6.46. The van der Waals surface area contributed by atoms with Crippen LogP contribution in [0.25, 0.3) is 11.3 Å². The van der Waals surface area contributed by atoms with Crippen molar-refractivity contribution < 1.29 is 4.42 Å². The van der Waals surface area contributed by atoms with Crippen molar-refractivity contribution in [3.8, 4) is 11.3 Å². The van der Waals surface area contributed by atoms with Crippen LogP contribution < -0.4 is 10.2 Å². The van der Waals surface area contributed by atoms with Gasteiger partial charge >= 0.3 is 0 Å². The number of anilines is 1. The second-order valence-electron chi connectivity index (χ2n) is 8.18. The number of hydrogen-bond acceptors (Lipinski definition) is 3. The van der Waals surface area contributed by atoms with Gasteiger partial charge in [-0.25, -0.2) is 0 Å². The number of hydrogen-bond donors (Lipinski definition) is 1.